The quantitative estimate of drug-likeness (QED) is 0.338. The minimum absolute atomic E-state index is 0.983. The molecule has 24 heavy (non-hydrogen) atoms. The molecule has 0 N–H and O–H groups in total. The maximum absolute atomic E-state index is 6.47. The molecule has 3 heterocycles. The molecule has 4 aromatic rings. The lowest BCUT2D eigenvalue weighted by Crippen LogP contribution is -2.32. The van der Waals surface area contributed by atoms with E-state index in [0.29, 0.717) is 0 Å². The highest BCUT2D eigenvalue weighted by Gasteiger charge is 2.32. The first-order valence-electron chi connectivity index (χ1n) is 8.17. The zero-order valence-electron chi connectivity index (χ0n) is 14.2. The summed E-state index contributed by atoms with van der Waals surface area (Å²) < 4.78 is 9.91. The lowest BCUT2D eigenvalue weighted by molar-refractivity contribution is -0.659. The molecule has 0 bridgehead atoms. The van der Waals surface area contributed by atoms with Crippen molar-refractivity contribution in [1.29, 1.82) is 0 Å². The van der Waals surface area contributed by atoms with Gasteiger partial charge in [-0.1, -0.05) is 12.1 Å². The van der Waals surface area contributed by atoms with Crippen LogP contribution in [0.1, 0.15) is 16.7 Å². The largest absolute Gasteiger partial charge is 0.448 e. The van der Waals surface area contributed by atoms with Crippen molar-refractivity contribution >= 4 is 32.2 Å². The summed E-state index contributed by atoms with van der Waals surface area (Å²) in [4.78, 5) is 0. The molecule has 0 saturated heterocycles. The van der Waals surface area contributed by atoms with Gasteiger partial charge >= 0.3 is 0 Å². The van der Waals surface area contributed by atoms with Crippen LogP contribution in [0.5, 0.6) is 11.5 Å². The van der Waals surface area contributed by atoms with E-state index in [2.05, 4.69) is 68.2 Å². The molecule has 0 spiro atoms. The van der Waals surface area contributed by atoms with E-state index in [1.807, 2.05) is 0 Å². The molecule has 0 fully saturated rings. The molecule has 1 aliphatic heterocycles. The first-order valence-corrected chi connectivity index (χ1v) is 9.05. The van der Waals surface area contributed by atoms with Crippen LogP contribution < -0.4 is 9.30 Å². The highest BCUT2D eigenvalue weighted by molar-refractivity contribution is 7.17. The maximum Gasteiger partial charge on any atom is 0.257 e. The van der Waals surface area contributed by atoms with E-state index >= 15 is 0 Å². The Bertz CT molecular complexity index is 1170. The van der Waals surface area contributed by atoms with Crippen LogP contribution in [0.2, 0.25) is 0 Å². The second-order valence-corrected chi connectivity index (χ2v) is 7.70. The van der Waals surface area contributed by atoms with Crippen molar-refractivity contribution in [2.75, 3.05) is 0 Å². The van der Waals surface area contributed by atoms with E-state index in [0.717, 1.165) is 11.5 Å². The Hall–Kier alpha value is -2.39. The van der Waals surface area contributed by atoms with Gasteiger partial charge < -0.3 is 4.74 Å². The molecule has 118 valence electrons. The normalized spacial score (nSPS) is 12.5. The molecule has 0 atom stereocenters. The maximum atomic E-state index is 6.47. The van der Waals surface area contributed by atoms with Gasteiger partial charge in [0, 0.05) is 5.39 Å². The van der Waals surface area contributed by atoms with Gasteiger partial charge in [-0.05, 0) is 60.4 Å². The Balaban J connectivity index is 2.06. The van der Waals surface area contributed by atoms with Crippen molar-refractivity contribution < 1.29 is 9.30 Å². The molecule has 0 unspecified atom stereocenters. The third-order valence-electron chi connectivity index (χ3n) is 5.12. The Kier molecular flexibility index (Phi) is 2.67. The zero-order chi connectivity index (χ0) is 16.6. The number of fused-ring (bicyclic) bond motifs is 4. The number of aromatic nitrogens is 1. The van der Waals surface area contributed by atoms with E-state index in [1.165, 1.54) is 48.8 Å². The van der Waals surface area contributed by atoms with E-state index < -0.39 is 0 Å². The minimum atomic E-state index is 0.983. The lowest BCUT2D eigenvalue weighted by atomic mass is 9.90. The van der Waals surface area contributed by atoms with Gasteiger partial charge in [0.25, 0.3) is 5.69 Å². The third kappa shape index (κ3) is 1.68. The highest BCUT2D eigenvalue weighted by Crippen LogP contribution is 2.50. The average Bonchev–Trinajstić information content (AvgIpc) is 2.99. The van der Waals surface area contributed by atoms with Gasteiger partial charge in [-0.25, -0.2) is 0 Å². The fraction of sp³-hybridized carbons (Fsp3) is 0.190. The summed E-state index contributed by atoms with van der Waals surface area (Å²) in [6.07, 6.45) is 2.21. The first-order chi connectivity index (χ1) is 11.5. The number of hydrogen-bond acceptors (Lipinski definition) is 2. The predicted octanol–water partition coefficient (Wildman–Crippen LogP) is 5.58. The van der Waals surface area contributed by atoms with Crippen molar-refractivity contribution in [3.63, 3.8) is 0 Å². The van der Waals surface area contributed by atoms with E-state index in [1.54, 1.807) is 11.3 Å². The minimum Gasteiger partial charge on any atom is -0.448 e. The van der Waals surface area contributed by atoms with Gasteiger partial charge in [-0.3, -0.25) is 0 Å². The first kappa shape index (κ1) is 14.0. The third-order valence-corrected chi connectivity index (χ3v) is 6.05. The van der Waals surface area contributed by atoms with Crippen molar-refractivity contribution in [1.82, 2.24) is 0 Å². The Morgan fingerprint density at radius 1 is 1.04 bits per heavy atom. The number of hydrogen-bond donors (Lipinski definition) is 0. The van der Waals surface area contributed by atoms with E-state index in [9.17, 15) is 0 Å². The molecule has 0 aliphatic carbocycles. The Labute approximate surface area is 144 Å². The van der Waals surface area contributed by atoms with Crippen LogP contribution in [0.15, 0.2) is 35.8 Å². The van der Waals surface area contributed by atoms with Crippen LogP contribution in [0.4, 0.5) is 0 Å². The second-order valence-electron chi connectivity index (χ2n) is 6.78. The molecule has 0 radical (unpaired) electrons. The number of rotatable bonds is 0. The second kappa shape index (κ2) is 4.58. The van der Waals surface area contributed by atoms with Crippen LogP contribution in [0.3, 0.4) is 0 Å². The van der Waals surface area contributed by atoms with Crippen molar-refractivity contribution in [2.24, 2.45) is 7.05 Å². The van der Waals surface area contributed by atoms with Crippen molar-refractivity contribution in [3.05, 3.63) is 52.5 Å². The van der Waals surface area contributed by atoms with Gasteiger partial charge in [-0.2, -0.15) is 4.57 Å². The number of thiophene rings is 1. The Morgan fingerprint density at radius 2 is 1.88 bits per heavy atom. The molecular formula is C21H18NOS+. The molecule has 1 aliphatic rings. The van der Waals surface area contributed by atoms with Gasteiger partial charge in [0.05, 0.1) is 15.6 Å². The standard InChI is InChI=1S/C21H18NOS/c1-11-7-15-9-12(2)13(3)17-18(15)16(8-11)23-20-19(17)22(4)10-14-5-6-24-21(14)20/h5-10H,1-4H3/q+1. The number of nitrogens with zero attached hydrogens (tertiary/aromatic N) is 1. The smallest absolute Gasteiger partial charge is 0.257 e. The summed E-state index contributed by atoms with van der Waals surface area (Å²) >= 11 is 1.75. The van der Waals surface area contributed by atoms with Crippen LogP contribution >= 0.6 is 11.3 Å². The topological polar surface area (TPSA) is 13.1 Å². The summed E-state index contributed by atoms with van der Waals surface area (Å²) in [5.41, 5.74) is 6.40. The monoisotopic (exact) mass is 332 g/mol. The molecule has 3 heteroatoms. The summed E-state index contributed by atoms with van der Waals surface area (Å²) in [5, 5.41) is 5.88. The lowest BCUT2D eigenvalue weighted by Gasteiger charge is -2.22. The SMILES string of the molecule is Cc1cc2c3c(c(C)c(C)cc3c1)-c1c(c3sccc3c[n+]1C)O2. The summed E-state index contributed by atoms with van der Waals surface area (Å²) in [7, 11) is 2.12. The number of benzene rings is 2. The molecule has 2 aromatic carbocycles. The van der Waals surface area contributed by atoms with Gasteiger partial charge in [-0.15, -0.1) is 11.3 Å². The fourth-order valence-electron chi connectivity index (χ4n) is 3.91. The number of aryl methyl sites for hydroxylation is 3. The molecule has 2 aromatic heterocycles. The molecular weight excluding hydrogens is 314 g/mol. The average molecular weight is 332 g/mol. The molecule has 2 nitrogen and oxygen atoms in total. The van der Waals surface area contributed by atoms with Crippen LogP contribution in [-0.4, -0.2) is 0 Å². The zero-order valence-corrected chi connectivity index (χ0v) is 15.0. The highest BCUT2D eigenvalue weighted by atomic mass is 32.1. The number of pyridine rings is 1. The summed E-state index contributed by atoms with van der Waals surface area (Å²) in [6, 6.07) is 8.86. The Morgan fingerprint density at radius 3 is 2.71 bits per heavy atom. The number of ether oxygens (including phenoxy) is 1. The molecule has 0 amide bonds. The molecule has 0 saturated carbocycles. The van der Waals surface area contributed by atoms with Crippen LogP contribution in [0.25, 0.3) is 32.1 Å². The van der Waals surface area contributed by atoms with Gasteiger partial charge in [0.1, 0.15) is 12.8 Å². The summed E-state index contributed by atoms with van der Waals surface area (Å²) in [5.74, 6) is 1.98. The van der Waals surface area contributed by atoms with Crippen LogP contribution in [0, 0.1) is 20.8 Å². The fourth-order valence-corrected chi connectivity index (χ4v) is 4.76. The van der Waals surface area contributed by atoms with Gasteiger partial charge in [0.15, 0.2) is 6.20 Å². The predicted molar refractivity (Wildman–Crippen MR) is 100 cm³/mol. The summed E-state index contributed by atoms with van der Waals surface area (Å²) in [6.45, 7) is 6.56. The van der Waals surface area contributed by atoms with Crippen molar-refractivity contribution in [3.8, 4) is 22.8 Å². The van der Waals surface area contributed by atoms with E-state index in [-0.39, 0.29) is 0 Å². The molecule has 5 rings (SSSR count). The van der Waals surface area contributed by atoms with E-state index in [4.69, 9.17) is 4.74 Å². The van der Waals surface area contributed by atoms with Crippen LogP contribution in [-0.2, 0) is 7.05 Å². The van der Waals surface area contributed by atoms with Gasteiger partial charge in [0.2, 0.25) is 5.75 Å². The van der Waals surface area contributed by atoms with Crippen molar-refractivity contribution in [2.45, 2.75) is 20.8 Å².